The molecule has 0 aromatic carbocycles. The number of carbonyl (C=O) groups is 1. The van der Waals surface area contributed by atoms with Gasteiger partial charge in [0.05, 0.1) is 5.33 Å². The monoisotopic (exact) mass is 248 g/mol. The minimum atomic E-state index is -0.148. The zero-order chi connectivity index (χ0) is 8.97. The summed E-state index contributed by atoms with van der Waals surface area (Å²) in [6.45, 7) is 0. The van der Waals surface area contributed by atoms with Crippen LogP contribution in [0.4, 0.5) is 5.82 Å². The maximum atomic E-state index is 10.9. The second-order valence-electron chi connectivity index (χ2n) is 2.04. The van der Waals surface area contributed by atoms with Crippen molar-refractivity contribution in [3.63, 3.8) is 0 Å². The summed E-state index contributed by atoms with van der Waals surface area (Å²) in [7, 11) is 0. The Morgan fingerprint density at radius 3 is 3.08 bits per heavy atom. The van der Waals surface area contributed by atoms with Gasteiger partial charge in [-0.2, -0.15) is 0 Å². The maximum Gasteiger partial charge on any atom is 0.236 e. The number of nitrogens with zero attached hydrogens (tertiary/aromatic N) is 1. The number of rotatable bonds is 2. The van der Waals surface area contributed by atoms with Crippen molar-refractivity contribution in [3.05, 3.63) is 23.4 Å². The second kappa shape index (κ2) is 4.42. The van der Waals surface area contributed by atoms with E-state index in [2.05, 4.69) is 26.2 Å². The standard InChI is InChI=1S/C7H6BrClN2O/c8-4-7(12)11-6-3-5(9)1-2-10-6/h1-3H,4H2,(H,10,11,12). The van der Waals surface area contributed by atoms with Crippen molar-refractivity contribution in [2.75, 3.05) is 10.6 Å². The van der Waals surface area contributed by atoms with Crippen molar-refractivity contribution in [1.82, 2.24) is 4.98 Å². The average Bonchev–Trinajstić information content (AvgIpc) is 2.04. The van der Waals surface area contributed by atoms with Crippen LogP contribution in [0.3, 0.4) is 0 Å². The summed E-state index contributed by atoms with van der Waals surface area (Å²) in [6, 6.07) is 3.23. The number of pyridine rings is 1. The van der Waals surface area contributed by atoms with Crippen molar-refractivity contribution in [3.8, 4) is 0 Å². The first kappa shape index (κ1) is 9.48. The van der Waals surface area contributed by atoms with Crippen LogP contribution in [0.25, 0.3) is 0 Å². The van der Waals surface area contributed by atoms with E-state index in [0.717, 1.165) is 0 Å². The third-order valence-corrected chi connectivity index (χ3v) is 1.86. The van der Waals surface area contributed by atoms with Crippen LogP contribution in [0, 0.1) is 0 Å². The molecule has 1 aromatic heterocycles. The zero-order valence-corrected chi connectivity index (χ0v) is 8.39. The Balaban J connectivity index is 2.69. The number of amides is 1. The Hall–Kier alpha value is -0.610. The van der Waals surface area contributed by atoms with E-state index >= 15 is 0 Å². The third kappa shape index (κ3) is 2.79. The van der Waals surface area contributed by atoms with E-state index in [1.54, 1.807) is 12.1 Å². The Bertz CT molecular complexity index is 292. The fourth-order valence-electron chi connectivity index (χ4n) is 0.649. The Labute approximate surface area is 83.3 Å². The molecular formula is C7H6BrClN2O. The number of carbonyl (C=O) groups excluding carboxylic acids is 1. The molecule has 1 heterocycles. The average molecular weight is 249 g/mol. The number of nitrogens with one attached hydrogen (secondary N) is 1. The lowest BCUT2D eigenvalue weighted by molar-refractivity contribution is -0.113. The smallest absolute Gasteiger partial charge is 0.236 e. The predicted molar refractivity (Wildman–Crippen MR) is 51.7 cm³/mol. The second-order valence-corrected chi connectivity index (χ2v) is 3.04. The molecule has 0 saturated carbocycles. The number of halogens is 2. The summed E-state index contributed by atoms with van der Waals surface area (Å²) < 4.78 is 0. The third-order valence-electron chi connectivity index (χ3n) is 1.11. The topological polar surface area (TPSA) is 42.0 Å². The first-order chi connectivity index (χ1) is 5.72. The minimum Gasteiger partial charge on any atom is -0.310 e. The van der Waals surface area contributed by atoms with Gasteiger partial charge in [-0.3, -0.25) is 4.79 Å². The number of hydrogen-bond donors (Lipinski definition) is 1. The van der Waals surface area contributed by atoms with Crippen LogP contribution < -0.4 is 5.32 Å². The van der Waals surface area contributed by atoms with E-state index in [0.29, 0.717) is 10.8 Å². The highest BCUT2D eigenvalue weighted by molar-refractivity contribution is 9.09. The van der Waals surface area contributed by atoms with Gasteiger partial charge in [0.15, 0.2) is 0 Å². The zero-order valence-electron chi connectivity index (χ0n) is 6.05. The molecular weight excluding hydrogens is 243 g/mol. The van der Waals surface area contributed by atoms with Crippen molar-refractivity contribution >= 4 is 39.3 Å². The summed E-state index contributed by atoms with van der Waals surface area (Å²) in [4.78, 5) is 14.7. The van der Waals surface area contributed by atoms with Gasteiger partial charge in [0.2, 0.25) is 5.91 Å². The van der Waals surface area contributed by atoms with Crippen LogP contribution in [0.5, 0.6) is 0 Å². The van der Waals surface area contributed by atoms with E-state index in [1.807, 2.05) is 0 Å². The number of aromatic nitrogens is 1. The lowest BCUT2D eigenvalue weighted by Crippen LogP contribution is -2.13. The number of anilines is 1. The molecule has 5 heteroatoms. The van der Waals surface area contributed by atoms with Gasteiger partial charge in [0.25, 0.3) is 0 Å². The van der Waals surface area contributed by atoms with Crippen molar-refractivity contribution in [2.45, 2.75) is 0 Å². The molecule has 3 nitrogen and oxygen atoms in total. The normalized spacial score (nSPS) is 9.50. The molecule has 0 aliphatic carbocycles. The summed E-state index contributed by atoms with van der Waals surface area (Å²) in [5.74, 6) is 0.316. The molecule has 0 aliphatic heterocycles. The number of alkyl halides is 1. The highest BCUT2D eigenvalue weighted by atomic mass is 79.9. The molecule has 1 N–H and O–H groups in total. The van der Waals surface area contributed by atoms with Crippen molar-refractivity contribution in [2.24, 2.45) is 0 Å². The molecule has 12 heavy (non-hydrogen) atoms. The highest BCUT2D eigenvalue weighted by Crippen LogP contribution is 2.11. The SMILES string of the molecule is O=C(CBr)Nc1cc(Cl)ccn1. The van der Waals surface area contributed by atoms with Crippen molar-refractivity contribution in [1.29, 1.82) is 0 Å². The molecule has 1 amide bonds. The lowest BCUT2D eigenvalue weighted by Gasteiger charge is -2.00. The summed E-state index contributed by atoms with van der Waals surface area (Å²) in [5.41, 5.74) is 0. The Morgan fingerprint density at radius 1 is 1.75 bits per heavy atom. The lowest BCUT2D eigenvalue weighted by atomic mass is 10.4. The van der Waals surface area contributed by atoms with Gasteiger partial charge in [-0.15, -0.1) is 0 Å². The van der Waals surface area contributed by atoms with Crippen molar-refractivity contribution < 1.29 is 4.79 Å². The molecule has 0 unspecified atom stereocenters. The fraction of sp³-hybridized carbons (Fsp3) is 0.143. The molecule has 1 aromatic rings. The van der Waals surface area contributed by atoms with Crippen LogP contribution in [0.15, 0.2) is 18.3 Å². The van der Waals surface area contributed by atoms with Gasteiger partial charge < -0.3 is 5.32 Å². The molecule has 0 radical (unpaired) electrons. The van der Waals surface area contributed by atoms with Crippen LogP contribution in [-0.4, -0.2) is 16.2 Å². The molecule has 0 atom stereocenters. The van der Waals surface area contributed by atoms with Crippen LogP contribution in [0.1, 0.15) is 0 Å². The van der Waals surface area contributed by atoms with E-state index in [4.69, 9.17) is 11.6 Å². The Morgan fingerprint density at radius 2 is 2.50 bits per heavy atom. The first-order valence-electron chi connectivity index (χ1n) is 3.20. The number of hydrogen-bond acceptors (Lipinski definition) is 2. The summed E-state index contributed by atoms with van der Waals surface area (Å²) >= 11 is 8.69. The molecule has 1 rings (SSSR count). The molecule has 0 aliphatic rings. The van der Waals surface area contributed by atoms with Gasteiger partial charge in [-0.1, -0.05) is 27.5 Å². The van der Waals surface area contributed by atoms with E-state index in [9.17, 15) is 4.79 Å². The minimum absolute atomic E-state index is 0.148. The molecule has 0 bridgehead atoms. The molecule has 64 valence electrons. The first-order valence-corrected chi connectivity index (χ1v) is 4.69. The fourth-order valence-corrected chi connectivity index (χ4v) is 0.949. The Kier molecular flexibility index (Phi) is 3.49. The van der Waals surface area contributed by atoms with E-state index in [1.165, 1.54) is 6.20 Å². The maximum absolute atomic E-state index is 10.9. The van der Waals surface area contributed by atoms with Gasteiger partial charge >= 0.3 is 0 Å². The van der Waals surface area contributed by atoms with E-state index < -0.39 is 0 Å². The van der Waals surface area contributed by atoms with E-state index in [-0.39, 0.29) is 11.2 Å². The molecule has 0 saturated heterocycles. The van der Waals surface area contributed by atoms with Crippen LogP contribution >= 0.6 is 27.5 Å². The van der Waals surface area contributed by atoms with Crippen LogP contribution in [0.2, 0.25) is 5.02 Å². The molecule has 0 fully saturated rings. The molecule has 0 spiro atoms. The summed E-state index contributed by atoms with van der Waals surface area (Å²) in [6.07, 6.45) is 1.53. The van der Waals surface area contributed by atoms with Crippen LogP contribution in [-0.2, 0) is 4.79 Å². The van der Waals surface area contributed by atoms with Gasteiger partial charge in [-0.25, -0.2) is 4.98 Å². The quantitative estimate of drug-likeness (QED) is 0.815. The predicted octanol–water partition coefficient (Wildman–Crippen LogP) is 2.07. The van der Waals surface area contributed by atoms with Gasteiger partial charge in [0, 0.05) is 11.2 Å². The largest absolute Gasteiger partial charge is 0.310 e. The van der Waals surface area contributed by atoms with Gasteiger partial charge in [0.1, 0.15) is 5.82 Å². The van der Waals surface area contributed by atoms with Gasteiger partial charge in [-0.05, 0) is 12.1 Å². The highest BCUT2D eigenvalue weighted by Gasteiger charge is 2.00. The summed E-state index contributed by atoms with van der Waals surface area (Å²) in [5, 5.41) is 3.35.